The molecule has 0 saturated heterocycles. The van der Waals surface area contributed by atoms with E-state index in [4.69, 9.17) is 22.6 Å². The van der Waals surface area contributed by atoms with E-state index in [2.05, 4.69) is 15.3 Å². The van der Waals surface area contributed by atoms with Crippen LogP contribution in [0, 0.1) is 14.9 Å². The van der Waals surface area contributed by atoms with Crippen molar-refractivity contribution in [3.63, 3.8) is 0 Å². The highest BCUT2D eigenvalue weighted by Crippen LogP contribution is 2.23. The van der Waals surface area contributed by atoms with Crippen LogP contribution in [0.2, 0.25) is 5.15 Å². The van der Waals surface area contributed by atoms with Crippen molar-refractivity contribution in [2.75, 3.05) is 11.1 Å². The highest BCUT2D eigenvalue weighted by Gasteiger charge is 2.08. The fraction of sp³-hybridized carbons (Fsp3) is 0. The zero-order chi connectivity index (χ0) is 13.1. The van der Waals surface area contributed by atoms with Crippen molar-refractivity contribution in [1.82, 2.24) is 9.97 Å². The van der Waals surface area contributed by atoms with E-state index in [9.17, 15) is 0 Å². The number of halogens is 2. The number of nitrogen functional groups attached to an aromatic ring is 1. The molecule has 0 saturated carbocycles. The second-order valence-electron chi connectivity index (χ2n) is 3.35. The molecule has 0 spiro atoms. The van der Waals surface area contributed by atoms with Crippen molar-refractivity contribution in [3.05, 3.63) is 38.6 Å². The van der Waals surface area contributed by atoms with Crippen molar-refractivity contribution in [2.45, 2.75) is 0 Å². The second-order valence-corrected chi connectivity index (χ2v) is 4.79. The molecule has 0 amide bonds. The molecule has 18 heavy (non-hydrogen) atoms. The molecule has 0 aliphatic carbocycles. The molecule has 1 aromatic carbocycles. The zero-order valence-electron chi connectivity index (χ0n) is 8.98. The van der Waals surface area contributed by atoms with Gasteiger partial charge in [0.15, 0.2) is 0 Å². The Labute approximate surface area is 122 Å². The summed E-state index contributed by atoms with van der Waals surface area (Å²) in [5, 5.41) is 12.0. The summed E-state index contributed by atoms with van der Waals surface area (Å²) < 4.78 is 0.625. The lowest BCUT2D eigenvalue weighted by Crippen LogP contribution is -2.03. The monoisotopic (exact) mass is 371 g/mol. The maximum Gasteiger partial charge on any atom is 0.230 e. The molecule has 1 heterocycles. The van der Waals surface area contributed by atoms with E-state index in [1.165, 1.54) is 0 Å². The minimum Gasteiger partial charge on any atom is -0.383 e. The summed E-state index contributed by atoms with van der Waals surface area (Å²) in [6.07, 6.45) is 0. The minimum absolute atomic E-state index is 0.305. The SMILES string of the molecule is N#Cc1ccc(Nc2nc(N)c(I)c(Cl)n2)cc1. The van der Waals surface area contributed by atoms with Crippen LogP contribution in [-0.2, 0) is 0 Å². The normalized spacial score (nSPS) is 9.83. The van der Waals surface area contributed by atoms with Crippen LogP contribution in [0.5, 0.6) is 0 Å². The van der Waals surface area contributed by atoms with Crippen LogP contribution in [0.1, 0.15) is 5.56 Å². The van der Waals surface area contributed by atoms with Crippen LogP contribution in [0.25, 0.3) is 0 Å². The lowest BCUT2D eigenvalue weighted by molar-refractivity contribution is 1.16. The van der Waals surface area contributed by atoms with Crippen molar-refractivity contribution in [3.8, 4) is 6.07 Å². The van der Waals surface area contributed by atoms with Crippen LogP contribution in [0.4, 0.5) is 17.5 Å². The number of rotatable bonds is 2. The molecule has 3 N–H and O–H groups in total. The molecule has 90 valence electrons. The molecule has 0 atom stereocenters. The van der Waals surface area contributed by atoms with Gasteiger partial charge in [0.05, 0.1) is 15.2 Å². The Morgan fingerprint density at radius 1 is 1.28 bits per heavy atom. The fourth-order valence-corrected chi connectivity index (χ4v) is 1.67. The fourth-order valence-electron chi connectivity index (χ4n) is 1.25. The Kier molecular flexibility index (Phi) is 3.84. The molecular weight excluding hydrogens is 365 g/mol. The molecule has 0 radical (unpaired) electrons. The second kappa shape index (κ2) is 5.37. The molecule has 1 aromatic heterocycles. The van der Waals surface area contributed by atoms with Gasteiger partial charge in [-0.25, -0.2) is 0 Å². The number of nitriles is 1. The topological polar surface area (TPSA) is 87.6 Å². The first-order valence-electron chi connectivity index (χ1n) is 4.86. The number of hydrogen-bond donors (Lipinski definition) is 2. The van der Waals surface area contributed by atoms with Crippen LogP contribution in [-0.4, -0.2) is 9.97 Å². The van der Waals surface area contributed by atoms with E-state index >= 15 is 0 Å². The first kappa shape index (κ1) is 12.9. The van der Waals surface area contributed by atoms with Gasteiger partial charge in [-0.3, -0.25) is 0 Å². The van der Waals surface area contributed by atoms with Crippen LogP contribution < -0.4 is 11.1 Å². The Hall–Kier alpha value is -1.59. The molecule has 2 aromatic rings. The summed E-state index contributed by atoms with van der Waals surface area (Å²) in [7, 11) is 0. The number of benzene rings is 1. The molecule has 0 aliphatic rings. The van der Waals surface area contributed by atoms with Crippen LogP contribution in [0.3, 0.4) is 0 Å². The Morgan fingerprint density at radius 3 is 2.50 bits per heavy atom. The van der Waals surface area contributed by atoms with Gasteiger partial charge in [-0.1, -0.05) is 11.6 Å². The molecule has 0 aliphatic heterocycles. The third kappa shape index (κ3) is 2.80. The van der Waals surface area contributed by atoms with Gasteiger partial charge in [0, 0.05) is 5.69 Å². The third-order valence-corrected chi connectivity index (χ3v) is 3.76. The number of nitrogens with zero attached hydrogens (tertiary/aromatic N) is 3. The van der Waals surface area contributed by atoms with E-state index in [1.807, 2.05) is 28.7 Å². The predicted molar refractivity (Wildman–Crippen MR) is 78.6 cm³/mol. The molecular formula is C11H7ClIN5. The third-order valence-electron chi connectivity index (χ3n) is 2.11. The van der Waals surface area contributed by atoms with Crippen molar-refractivity contribution in [1.29, 1.82) is 5.26 Å². The van der Waals surface area contributed by atoms with Gasteiger partial charge in [0.1, 0.15) is 11.0 Å². The summed E-state index contributed by atoms with van der Waals surface area (Å²) in [5.74, 6) is 0.648. The first-order valence-corrected chi connectivity index (χ1v) is 6.31. The van der Waals surface area contributed by atoms with Gasteiger partial charge in [-0.2, -0.15) is 15.2 Å². The Bertz CT molecular complexity index is 597. The van der Waals surface area contributed by atoms with E-state index in [0.717, 1.165) is 5.69 Å². The van der Waals surface area contributed by atoms with E-state index in [1.54, 1.807) is 24.3 Å². The summed E-state index contributed by atoms with van der Waals surface area (Å²) >= 11 is 7.89. The first-order chi connectivity index (χ1) is 8.60. The van der Waals surface area contributed by atoms with Crippen LogP contribution in [0.15, 0.2) is 24.3 Å². The summed E-state index contributed by atoms with van der Waals surface area (Å²) in [5.41, 5.74) is 7.03. The van der Waals surface area contributed by atoms with Gasteiger partial charge in [-0.15, -0.1) is 0 Å². The minimum atomic E-state index is 0.305. The molecule has 5 nitrogen and oxygen atoms in total. The highest BCUT2D eigenvalue weighted by atomic mass is 127. The Balaban J connectivity index is 2.26. The molecule has 0 bridgehead atoms. The predicted octanol–water partition coefficient (Wildman–Crippen LogP) is 2.93. The highest BCUT2D eigenvalue weighted by molar-refractivity contribution is 14.1. The van der Waals surface area contributed by atoms with Gasteiger partial charge < -0.3 is 11.1 Å². The quantitative estimate of drug-likeness (QED) is 0.626. The van der Waals surface area contributed by atoms with Crippen molar-refractivity contribution in [2.24, 2.45) is 0 Å². The molecule has 2 rings (SSSR count). The summed E-state index contributed by atoms with van der Waals surface area (Å²) in [6.45, 7) is 0. The van der Waals surface area contributed by atoms with E-state index in [-0.39, 0.29) is 0 Å². The van der Waals surface area contributed by atoms with E-state index < -0.39 is 0 Å². The zero-order valence-corrected chi connectivity index (χ0v) is 11.9. The lowest BCUT2D eigenvalue weighted by Gasteiger charge is -2.07. The smallest absolute Gasteiger partial charge is 0.230 e. The molecule has 0 unspecified atom stereocenters. The van der Waals surface area contributed by atoms with Crippen LogP contribution >= 0.6 is 34.2 Å². The average Bonchev–Trinajstić information content (AvgIpc) is 2.37. The van der Waals surface area contributed by atoms with Gasteiger partial charge in [0.25, 0.3) is 0 Å². The van der Waals surface area contributed by atoms with Gasteiger partial charge in [-0.05, 0) is 46.9 Å². The maximum atomic E-state index is 8.69. The molecule has 0 fully saturated rings. The summed E-state index contributed by atoms with van der Waals surface area (Å²) in [4.78, 5) is 8.13. The standard InChI is InChI=1S/C11H7ClIN5/c12-9-8(13)10(15)18-11(17-9)16-7-3-1-6(5-14)2-4-7/h1-4H,(H3,15,16,17,18). The van der Waals surface area contributed by atoms with E-state index in [0.29, 0.717) is 26.1 Å². The number of aromatic nitrogens is 2. The van der Waals surface area contributed by atoms with Gasteiger partial charge >= 0.3 is 0 Å². The number of nitrogens with two attached hydrogens (primary N) is 1. The number of anilines is 3. The summed E-state index contributed by atoms with van der Waals surface area (Å²) in [6, 6.07) is 8.94. The number of hydrogen-bond acceptors (Lipinski definition) is 5. The van der Waals surface area contributed by atoms with Gasteiger partial charge in [0.2, 0.25) is 5.95 Å². The lowest BCUT2D eigenvalue weighted by atomic mass is 10.2. The number of nitrogens with one attached hydrogen (secondary N) is 1. The Morgan fingerprint density at radius 2 is 1.94 bits per heavy atom. The average molecular weight is 372 g/mol. The molecule has 7 heteroatoms. The van der Waals surface area contributed by atoms with Crippen molar-refractivity contribution < 1.29 is 0 Å². The largest absolute Gasteiger partial charge is 0.383 e. The van der Waals surface area contributed by atoms with Crippen molar-refractivity contribution >= 4 is 51.6 Å². The maximum absolute atomic E-state index is 8.69.